The van der Waals surface area contributed by atoms with Crippen LogP contribution in [-0.2, 0) is 4.79 Å². The fourth-order valence-corrected chi connectivity index (χ4v) is 1.11. The van der Waals surface area contributed by atoms with E-state index in [1.165, 1.54) is 0 Å². The molecule has 1 unspecified atom stereocenters. The standard InChI is InChI=1S/C10H13NO2/c1-6-5-8(3-4-9(6)11)7(2)10(12)13/h3-5,7H,11H2,1-2H3,(H,12,13). The number of nitrogens with two attached hydrogens (primary N) is 1. The van der Waals surface area contributed by atoms with Gasteiger partial charge in [0.15, 0.2) is 0 Å². The van der Waals surface area contributed by atoms with Crippen LogP contribution in [0.5, 0.6) is 0 Å². The fourth-order valence-electron chi connectivity index (χ4n) is 1.11. The summed E-state index contributed by atoms with van der Waals surface area (Å²) in [5.41, 5.74) is 8.03. The number of rotatable bonds is 2. The highest BCUT2D eigenvalue weighted by Crippen LogP contribution is 2.20. The van der Waals surface area contributed by atoms with Crippen molar-refractivity contribution < 1.29 is 9.90 Å². The zero-order chi connectivity index (χ0) is 10.0. The molecule has 0 spiro atoms. The Morgan fingerprint density at radius 2 is 2.15 bits per heavy atom. The minimum absolute atomic E-state index is 0.473. The Bertz CT molecular complexity index is 334. The van der Waals surface area contributed by atoms with Gasteiger partial charge in [0, 0.05) is 5.69 Å². The lowest BCUT2D eigenvalue weighted by atomic mass is 9.99. The normalized spacial score (nSPS) is 12.5. The summed E-state index contributed by atoms with van der Waals surface area (Å²) in [5, 5.41) is 8.76. The highest BCUT2D eigenvalue weighted by Gasteiger charge is 2.13. The van der Waals surface area contributed by atoms with Crippen LogP contribution in [0.15, 0.2) is 18.2 Å². The number of anilines is 1. The van der Waals surface area contributed by atoms with E-state index in [2.05, 4.69) is 0 Å². The molecule has 0 saturated carbocycles. The van der Waals surface area contributed by atoms with Crippen LogP contribution in [0.4, 0.5) is 5.69 Å². The summed E-state index contributed by atoms with van der Waals surface area (Å²) < 4.78 is 0. The highest BCUT2D eigenvalue weighted by atomic mass is 16.4. The van der Waals surface area contributed by atoms with Gasteiger partial charge in [-0.05, 0) is 31.0 Å². The molecule has 1 rings (SSSR count). The number of nitrogen functional groups attached to an aromatic ring is 1. The van der Waals surface area contributed by atoms with Crippen molar-refractivity contribution in [2.24, 2.45) is 0 Å². The Kier molecular flexibility index (Phi) is 2.56. The third-order valence-corrected chi connectivity index (χ3v) is 2.16. The molecule has 0 aromatic heterocycles. The van der Waals surface area contributed by atoms with Crippen molar-refractivity contribution in [2.45, 2.75) is 19.8 Å². The van der Waals surface area contributed by atoms with E-state index in [1.54, 1.807) is 19.1 Å². The Balaban J connectivity index is 3.03. The van der Waals surface area contributed by atoms with Crippen molar-refractivity contribution in [3.8, 4) is 0 Å². The molecular formula is C10H13NO2. The molecule has 0 saturated heterocycles. The van der Waals surface area contributed by atoms with E-state index >= 15 is 0 Å². The molecule has 70 valence electrons. The van der Waals surface area contributed by atoms with E-state index in [1.807, 2.05) is 13.0 Å². The maximum atomic E-state index is 10.7. The minimum atomic E-state index is -0.816. The molecule has 0 aliphatic rings. The van der Waals surface area contributed by atoms with E-state index < -0.39 is 11.9 Å². The second kappa shape index (κ2) is 3.47. The fraction of sp³-hybridized carbons (Fsp3) is 0.300. The van der Waals surface area contributed by atoms with Crippen molar-refractivity contribution in [1.29, 1.82) is 0 Å². The first-order chi connectivity index (χ1) is 6.02. The molecular weight excluding hydrogens is 166 g/mol. The topological polar surface area (TPSA) is 63.3 Å². The molecule has 1 atom stereocenters. The summed E-state index contributed by atoms with van der Waals surface area (Å²) in [5.74, 6) is -1.29. The van der Waals surface area contributed by atoms with Crippen molar-refractivity contribution >= 4 is 11.7 Å². The average Bonchev–Trinajstić information content (AvgIpc) is 2.08. The largest absolute Gasteiger partial charge is 0.481 e. The van der Waals surface area contributed by atoms with Crippen LogP contribution in [0.25, 0.3) is 0 Å². The first-order valence-corrected chi connectivity index (χ1v) is 4.11. The molecule has 0 fully saturated rings. The van der Waals surface area contributed by atoms with Gasteiger partial charge in [-0.2, -0.15) is 0 Å². The van der Waals surface area contributed by atoms with E-state index in [0.29, 0.717) is 5.69 Å². The number of benzene rings is 1. The monoisotopic (exact) mass is 179 g/mol. The number of carboxylic acid groups (broad SMARTS) is 1. The van der Waals surface area contributed by atoms with Crippen molar-refractivity contribution in [1.82, 2.24) is 0 Å². The molecule has 3 nitrogen and oxygen atoms in total. The summed E-state index contributed by atoms with van der Waals surface area (Å²) in [4.78, 5) is 10.7. The summed E-state index contributed by atoms with van der Waals surface area (Å²) >= 11 is 0. The number of aryl methyl sites for hydroxylation is 1. The molecule has 0 heterocycles. The third kappa shape index (κ3) is 1.99. The van der Waals surface area contributed by atoms with Crippen molar-refractivity contribution in [3.63, 3.8) is 0 Å². The van der Waals surface area contributed by atoms with Crippen LogP contribution in [0, 0.1) is 6.92 Å². The summed E-state index contributed by atoms with van der Waals surface area (Å²) in [6.45, 7) is 3.53. The van der Waals surface area contributed by atoms with Crippen molar-refractivity contribution in [2.75, 3.05) is 5.73 Å². The van der Waals surface area contributed by atoms with Gasteiger partial charge in [-0.1, -0.05) is 12.1 Å². The quantitative estimate of drug-likeness (QED) is 0.680. The summed E-state index contributed by atoms with van der Waals surface area (Å²) in [7, 11) is 0. The number of hydrogen-bond donors (Lipinski definition) is 2. The lowest BCUT2D eigenvalue weighted by Crippen LogP contribution is -2.07. The Morgan fingerprint density at radius 3 is 2.62 bits per heavy atom. The second-order valence-electron chi connectivity index (χ2n) is 3.18. The van der Waals surface area contributed by atoms with Gasteiger partial charge < -0.3 is 10.8 Å². The average molecular weight is 179 g/mol. The van der Waals surface area contributed by atoms with Gasteiger partial charge in [0.25, 0.3) is 0 Å². The Labute approximate surface area is 77.2 Å². The molecule has 3 heteroatoms. The molecule has 0 bridgehead atoms. The van der Waals surface area contributed by atoms with Crippen LogP contribution in [0.2, 0.25) is 0 Å². The predicted octanol–water partition coefficient (Wildman–Crippen LogP) is 1.77. The third-order valence-electron chi connectivity index (χ3n) is 2.16. The second-order valence-corrected chi connectivity index (χ2v) is 3.18. The van der Waals surface area contributed by atoms with Gasteiger partial charge in [0.1, 0.15) is 0 Å². The summed E-state index contributed by atoms with van der Waals surface area (Å²) in [6.07, 6.45) is 0. The van der Waals surface area contributed by atoms with Gasteiger partial charge in [-0.25, -0.2) is 0 Å². The number of carbonyl (C=O) groups is 1. The Morgan fingerprint density at radius 1 is 1.54 bits per heavy atom. The van der Waals surface area contributed by atoms with E-state index in [4.69, 9.17) is 10.8 Å². The summed E-state index contributed by atoms with van der Waals surface area (Å²) in [6, 6.07) is 5.30. The van der Waals surface area contributed by atoms with Crippen LogP contribution in [-0.4, -0.2) is 11.1 Å². The first-order valence-electron chi connectivity index (χ1n) is 4.11. The number of hydrogen-bond acceptors (Lipinski definition) is 2. The molecule has 0 radical (unpaired) electrons. The smallest absolute Gasteiger partial charge is 0.310 e. The van der Waals surface area contributed by atoms with Gasteiger partial charge in [0.05, 0.1) is 5.92 Å². The molecule has 0 aliphatic carbocycles. The zero-order valence-corrected chi connectivity index (χ0v) is 7.74. The number of aliphatic carboxylic acids is 1. The molecule has 3 N–H and O–H groups in total. The van der Waals surface area contributed by atoms with E-state index in [9.17, 15) is 4.79 Å². The van der Waals surface area contributed by atoms with Gasteiger partial charge in [0.2, 0.25) is 0 Å². The minimum Gasteiger partial charge on any atom is -0.481 e. The molecule has 0 aliphatic heterocycles. The lowest BCUT2D eigenvalue weighted by Gasteiger charge is -2.08. The molecule has 1 aromatic rings. The van der Waals surface area contributed by atoms with Gasteiger partial charge in [-0.3, -0.25) is 4.79 Å². The van der Waals surface area contributed by atoms with Crippen LogP contribution in [0.1, 0.15) is 24.0 Å². The van der Waals surface area contributed by atoms with E-state index in [0.717, 1.165) is 11.1 Å². The maximum absolute atomic E-state index is 10.7. The van der Waals surface area contributed by atoms with Gasteiger partial charge in [-0.15, -0.1) is 0 Å². The van der Waals surface area contributed by atoms with Crippen LogP contribution >= 0.6 is 0 Å². The van der Waals surface area contributed by atoms with Crippen LogP contribution < -0.4 is 5.73 Å². The Hall–Kier alpha value is -1.51. The number of carboxylic acids is 1. The lowest BCUT2D eigenvalue weighted by molar-refractivity contribution is -0.138. The maximum Gasteiger partial charge on any atom is 0.310 e. The van der Waals surface area contributed by atoms with E-state index in [-0.39, 0.29) is 0 Å². The van der Waals surface area contributed by atoms with Crippen molar-refractivity contribution in [3.05, 3.63) is 29.3 Å². The molecule has 1 aromatic carbocycles. The zero-order valence-electron chi connectivity index (χ0n) is 7.74. The van der Waals surface area contributed by atoms with Crippen LogP contribution in [0.3, 0.4) is 0 Å². The first kappa shape index (κ1) is 9.58. The van der Waals surface area contributed by atoms with Gasteiger partial charge >= 0.3 is 5.97 Å². The SMILES string of the molecule is Cc1cc(C(C)C(=O)O)ccc1N. The molecule has 0 amide bonds. The predicted molar refractivity (Wildman–Crippen MR) is 51.6 cm³/mol. The highest BCUT2D eigenvalue weighted by molar-refractivity contribution is 5.75. The molecule has 13 heavy (non-hydrogen) atoms.